The minimum atomic E-state index is -0.569. The second kappa shape index (κ2) is 6.12. The summed E-state index contributed by atoms with van der Waals surface area (Å²) in [5, 5.41) is 14.3. The molecular formula is C16H22N2O4S. The summed E-state index contributed by atoms with van der Waals surface area (Å²) in [7, 11) is 0. The Bertz CT molecular complexity index is 586. The van der Waals surface area contributed by atoms with Gasteiger partial charge in [0.2, 0.25) is 6.29 Å². The van der Waals surface area contributed by atoms with Crippen LogP contribution >= 0.6 is 11.3 Å². The number of ether oxygens (including phenoxy) is 2. The number of carbonyl (C=O) groups is 1. The molecule has 2 aliphatic carbocycles. The van der Waals surface area contributed by atoms with Gasteiger partial charge in [0.25, 0.3) is 5.91 Å². The second-order valence-corrected chi connectivity index (χ2v) is 7.89. The molecule has 2 N–H and O–H groups in total. The number of thiazole rings is 1. The smallest absolute Gasteiger partial charge is 0.263 e. The summed E-state index contributed by atoms with van der Waals surface area (Å²) in [4.78, 5) is 17.0. The molecule has 0 radical (unpaired) electrons. The molecule has 4 rings (SSSR count). The van der Waals surface area contributed by atoms with Crippen LogP contribution in [0.2, 0.25) is 0 Å². The predicted octanol–water partition coefficient (Wildman–Crippen LogP) is 1.86. The zero-order valence-corrected chi connectivity index (χ0v) is 13.8. The molecule has 2 saturated carbocycles. The molecular weight excluding hydrogens is 316 g/mol. The first-order valence-corrected chi connectivity index (χ1v) is 9.15. The number of aliphatic hydroxyl groups is 1. The van der Waals surface area contributed by atoms with E-state index in [1.54, 1.807) is 6.20 Å². The highest BCUT2D eigenvalue weighted by Crippen LogP contribution is 2.51. The minimum absolute atomic E-state index is 0.140. The first-order valence-electron chi connectivity index (χ1n) is 8.33. The summed E-state index contributed by atoms with van der Waals surface area (Å²) < 4.78 is 10.8. The molecule has 2 bridgehead atoms. The first kappa shape index (κ1) is 15.5. The number of carbonyl (C=O) groups excluding carboxylic acids is 1. The molecule has 3 aliphatic rings. The van der Waals surface area contributed by atoms with Crippen LogP contribution in [0.1, 0.15) is 53.1 Å². The van der Waals surface area contributed by atoms with Gasteiger partial charge in [0, 0.05) is 6.54 Å². The van der Waals surface area contributed by atoms with Crippen molar-refractivity contribution in [3.8, 4) is 0 Å². The maximum atomic E-state index is 12.2. The van der Waals surface area contributed by atoms with Crippen molar-refractivity contribution in [2.45, 2.75) is 44.0 Å². The lowest BCUT2D eigenvalue weighted by atomic mass is 9.82. The summed E-state index contributed by atoms with van der Waals surface area (Å²) in [5.41, 5.74) is -0.569. The van der Waals surface area contributed by atoms with E-state index in [1.807, 2.05) is 0 Å². The van der Waals surface area contributed by atoms with Gasteiger partial charge in [0.1, 0.15) is 9.88 Å². The van der Waals surface area contributed by atoms with Gasteiger partial charge in [-0.15, -0.1) is 11.3 Å². The van der Waals surface area contributed by atoms with E-state index in [2.05, 4.69) is 10.3 Å². The van der Waals surface area contributed by atoms with Gasteiger partial charge in [-0.2, -0.15) is 0 Å². The molecule has 1 amide bonds. The van der Waals surface area contributed by atoms with E-state index in [-0.39, 0.29) is 5.91 Å². The Labute approximate surface area is 139 Å². The number of fused-ring (bicyclic) bond motifs is 2. The number of nitrogens with zero attached hydrogens (tertiary/aromatic N) is 1. The lowest BCUT2D eigenvalue weighted by Gasteiger charge is -2.32. The molecule has 0 spiro atoms. The fourth-order valence-electron chi connectivity index (χ4n) is 4.20. The van der Waals surface area contributed by atoms with Crippen molar-refractivity contribution in [3.05, 3.63) is 16.1 Å². The number of hydrogen-bond donors (Lipinski definition) is 2. The number of amides is 1. The molecule has 3 fully saturated rings. The molecule has 2 heterocycles. The van der Waals surface area contributed by atoms with E-state index in [4.69, 9.17) is 9.47 Å². The van der Waals surface area contributed by atoms with Crippen LogP contribution in [0.3, 0.4) is 0 Å². The van der Waals surface area contributed by atoms with Gasteiger partial charge in [0.15, 0.2) is 0 Å². The maximum absolute atomic E-state index is 12.2. The average Bonchev–Trinajstić information content (AvgIpc) is 3.29. The molecule has 3 unspecified atom stereocenters. The van der Waals surface area contributed by atoms with E-state index < -0.39 is 11.9 Å². The van der Waals surface area contributed by atoms with Crippen LogP contribution in [0.25, 0.3) is 0 Å². The Balaban J connectivity index is 1.28. The SMILES string of the molecule is O=C(NCCC1(O)CC2CCC1C2)c1cnc(C2OCCO2)s1. The highest BCUT2D eigenvalue weighted by molar-refractivity contribution is 7.13. The molecule has 1 aromatic heterocycles. The van der Waals surface area contributed by atoms with Crippen molar-refractivity contribution in [1.82, 2.24) is 10.3 Å². The van der Waals surface area contributed by atoms with Crippen molar-refractivity contribution in [3.63, 3.8) is 0 Å². The van der Waals surface area contributed by atoms with Gasteiger partial charge >= 0.3 is 0 Å². The highest BCUT2D eigenvalue weighted by Gasteiger charge is 2.49. The molecule has 23 heavy (non-hydrogen) atoms. The molecule has 3 atom stereocenters. The van der Waals surface area contributed by atoms with Crippen molar-refractivity contribution < 1.29 is 19.4 Å². The number of aromatic nitrogens is 1. The zero-order valence-electron chi connectivity index (χ0n) is 13.0. The Morgan fingerprint density at radius 1 is 1.43 bits per heavy atom. The van der Waals surface area contributed by atoms with Gasteiger partial charge < -0.3 is 19.9 Å². The van der Waals surface area contributed by atoms with Gasteiger partial charge in [0.05, 0.1) is 25.0 Å². The predicted molar refractivity (Wildman–Crippen MR) is 84.1 cm³/mol. The molecule has 1 aliphatic heterocycles. The van der Waals surface area contributed by atoms with Crippen molar-refractivity contribution in [2.24, 2.45) is 11.8 Å². The number of nitrogens with one attached hydrogen (secondary N) is 1. The lowest BCUT2D eigenvalue weighted by molar-refractivity contribution is -0.0442. The average molecular weight is 338 g/mol. The van der Waals surface area contributed by atoms with E-state index in [1.165, 1.54) is 17.8 Å². The monoisotopic (exact) mass is 338 g/mol. The molecule has 1 aromatic rings. The molecule has 7 heteroatoms. The van der Waals surface area contributed by atoms with Crippen LogP contribution < -0.4 is 5.32 Å². The normalized spacial score (nSPS) is 33.4. The van der Waals surface area contributed by atoms with Crippen molar-refractivity contribution in [2.75, 3.05) is 19.8 Å². The summed E-state index contributed by atoms with van der Waals surface area (Å²) in [6.07, 6.45) is 6.21. The van der Waals surface area contributed by atoms with Crippen LogP contribution in [0.4, 0.5) is 0 Å². The number of hydrogen-bond acceptors (Lipinski definition) is 6. The maximum Gasteiger partial charge on any atom is 0.263 e. The van der Waals surface area contributed by atoms with E-state index >= 15 is 0 Å². The third-order valence-corrected chi connectivity index (χ3v) is 6.38. The fraction of sp³-hybridized carbons (Fsp3) is 0.750. The van der Waals surface area contributed by atoms with Crippen LogP contribution in [-0.2, 0) is 9.47 Å². The standard InChI is InChI=1S/C16H22N2O4S/c19-13(12-9-18-14(23-12)15-21-5-6-22-15)17-4-3-16(20)8-10-1-2-11(16)7-10/h9-11,15,20H,1-8H2,(H,17,19). The largest absolute Gasteiger partial charge is 0.390 e. The minimum Gasteiger partial charge on any atom is -0.390 e. The Morgan fingerprint density at radius 3 is 2.96 bits per heavy atom. The molecule has 1 saturated heterocycles. The van der Waals surface area contributed by atoms with Crippen molar-refractivity contribution in [1.29, 1.82) is 0 Å². The summed E-state index contributed by atoms with van der Waals surface area (Å²) in [6, 6.07) is 0. The second-order valence-electron chi connectivity index (χ2n) is 6.83. The van der Waals surface area contributed by atoms with E-state index in [0.29, 0.717) is 47.9 Å². The summed E-state index contributed by atoms with van der Waals surface area (Å²) >= 11 is 1.30. The summed E-state index contributed by atoms with van der Waals surface area (Å²) in [6.45, 7) is 1.63. The van der Waals surface area contributed by atoms with E-state index in [0.717, 1.165) is 19.3 Å². The third kappa shape index (κ3) is 3.03. The van der Waals surface area contributed by atoms with E-state index in [9.17, 15) is 9.90 Å². The van der Waals surface area contributed by atoms with Crippen LogP contribution in [0.15, 0.2) is 6.20 Å². The van der Waals surface area contributed by atoms with Crippen LogP contribution in [-0.4, -0.2) is 41.4 Å². The van der Waals surface area contributed by atoms with Crippen LogP contribution in [0.5, 0.6) is 0 Å². The highest BCUT2D eigenvalue weighted by atomic mass is 32.1. The zero-order chi connectivity index (χ0) is 15.9. The quantitative estimate of drug-likeness (QED) is 0.856. The fourth-order valence-corrected chi connectivity index (χ4v) is 5.04. The Kier molecular flexibility index (Phi) is 4.13. The summed E-state index contributed by atoms with van der Waals surface area (Å²) in [5.74, 6) is 0.978. The Morgan fingerprint density at radius 2 is 2.26 bits per heavy atom. The van der Waals surface area contributed by atoms with Gasteiger partial charge in [-0.25, -0.2) is 4.98 Å². The molecule has 0 aromatic carbocycles. The topological polar surface area (TPSA) is 80.7 Å². The molecule has 6 nitrogen and oxygen atoms in total. The van der Waals surface area contributed by atoms with Gasteiger partial charge in [-0.1, -0.05) is 0 Å². The van der Waals surface area contributed by atoms with Crippen molar-refractivity contribution >= 4 is 17.2 Å². The third-order valence-electron chi connectivity index (χ3n) is 5.36. The number of rotatable bonds is 5. The molecule has 126 valence electrons. The lowest BCUT2D eigenvalue weighted by Crippen LogP contribution is -2.39. The van der Waals surface area contributed by atoms with Crippen LogP contribution in [0, 0.1) is 11.8 Å². The first-order chi connectivity index (χ1) is 11.1. The van der Waals surface area contributed by atoms with Gasteiger partial charge in [-0.05, 0) is 43.9 Å². The van der Waals surface area contributed by atoms with Gasteiger partial charge in [-0.3, -0.25) is 4.79 Å². The Hall–Kier alpha value is -1.02.